The minimum absolute atomic E-state index is 0.196. The van der Waals surface area contributed by atoms with Gasteiger partial charge in [-0.3, -0.25) is 4.90 Å². The van der Waals surface area contributed by atoms with Crippen LogP contribution >= 0.6 is 11.9 Å². The summed E-state index contributed by atoms with van der Waals surface area (Å²) in [6, 6.07) is 6.16. The van der Waals surface area contributed by atoms with Gasteiger partial charge in [0.25, 0.3) is 0 Å². The summed E-state index contributed by atoms with van der Waals surface area (Å²) in [6.07, 6.45) is 6.57. The summed E-state index contributed by atoms with van der Waals surface area (Å²) in [4.78, 5) is 7.12. The lowest BCUT2D eigenvalue weighted by Crippen LogP contribution is -2.52. The number of fused-ring (bicyclic) bond motifs is 1. The first-order valence-corrected chi connectivity index (χ1v) is 10.7. The topological polar surface area (TPSA) is 40.6 Å². The van der Waals surface area contributed by atoms with Crippen LogP contribution < -0.4 is 5.32 Å². The van der Waals surface area contributed by atoms with Gasteiger partial charge in [0.15, 0.2) is 0 Å². The van der Waals surface area contributed by atoms with Gasteiger partial charge in [-0.1, -0.05) is 11.6 Å². The van der Waals surface area contributed by atoms with Crippen molar-refractivity contribution in [1.29, 1.82) is 0 Å². The molecule has 1 unspecified atom stereocenters. The van der Waals surface area contributed by atoms with Crippen LogP contribution in [0.3, 0.4) is 0 Å². The van der Waals surface area contributed by atoms with Gasteiger partial charge in [-0.2, -0.15) is 0 Å². The largest absolute Gasteiger partial charge is 0.388 e. The highest BCUT2D eigenvalue weighted by Gasteiger charge is 2.43. The van der Waals surface area contributed by atoms with Crippen LogP contribution in [-0.4, -0.2) is 67.2 Å². The minimum Gasteiger partial charge on any atom is -0.388 e. The molecule has 3 aliphatic rings. The van der Waals surface area contributed by atoms with Crippen LogP contribution in [-0.2, 0) is 4.74 Å². The number of allylic oxidation sites excluding steroid dienone is 2. The molecule has 0 radical (unpaired) electrons. The van der Waals surface area contributed by atoms with Crippen molar-refractivity contribution in [2.75, 3.05) is 53.0 Å². The number of nitrogens with zero attached hydrogens (tertiary/aromatic N) is 3. The molecule has 0 saturated carbocycles. The molecule has 1 aromatic heterocycles. The molecule has 0 spiro atoms. The molecular weight excluding hydrogens is 356 g/mol. The normalized spacial score (nSPS) is 27.3. The Morgan fingerprint density at radius 3 is 2.85 bits per heavy atom. The molecule has 6 heteroatoms. The molecule has 27 heavy (non-hydrogen) atoms. The van der Waals surface area contributed by atoms with Gasteiger partial charge in [0.05, 0.1) is 13.2 Å². The molecule has 1 atom stereocenters. The van der Waals surface area contributed by atoms with Crippen molar-refractivity contribution in [3.8, 4) is 0 Å². The maximum atomic E-state index is 5.58. The van der Waals surface area contributed by atoms with E-state index < -0.39 is 0 Å². The van der Waals surface area contributed by atoms with E-state index in [0.717, 1.165) is 63.8 Å². The Hall–Kier alpha value is -1.34. The van der Waals surface area contributed by atoms with Crippen molar-refractivity contribution in [2.45, 2.75) is 24.8 Å². The second-order valence-electron chi connectivity index (χ2n) is 7.83. The van der Waals surface area contributed by atoms with Crippen molar-refractivity contribution in [2.24, 2.45) is 5.41 Å². The first-order chi connectivity index (χ1) is 13.2. The number of rotatable bonds is 5. The van der Waals surface area contributed by atoms with Gasteiger partial charge in [0.1, 0.15) is 5.03 Å². The van der Waals surface area contributed by atoms with Crippen LogP contribution in [0.5, 0.6) is 0 Å². The van der Waals surface area contributed by atoms with Crippen molar-refractivity contribution >= 4 is 11.9 Å². The number of ether oxygens (including phenoxy) is 1. The molecular formula is C21H30N4OS. The molecule has 2 aliphatic heterocycles. The van der Waals surface area contributed by atoms with E-state index in [0.29, 0.717) is 0 Å². The van der Waals surface area contributed by atoms with E-state index >= 15 is 0 Å². The molecule has 0 amide bonds. The third kappa shape index (κ3) is 4.24. The highest BCUT2D eigenvalue weighted by Crippen LogP contribution is 2.47. The van der Waals surface area contributed by atoms with Crippen molar-refractivity contribution < 1.29 is 4.74 Å². The Morgan fingerprint density at radius 2 is 2.11 bits per heavy atom. The van der Waals surface area contributed by atoms with Gasteiger partial charge in [-0.25, -0.2) is 9.29 Å². The standard InChI is InChI=1S/C21H30N4OS/c1-17-14-21(15-24-9-11-26-12-10-24)16-25(27-20-5-3-4-7-23-20)8-6-18(21)13-19(17)22-2/h3-5,7,13,22H,6,8-12,14-16H2,1-2H3. The van der Waals surface area contributed by atoms with E-state index in [1.165, 1.54) is 11.3 Å². The predicted molar refractivity (Wildman–Crippen MR) is 110 cm³/mol. The zero-order valence-corrected chi connectivity index (χ0v) is 17.2. The SMILES string of the molecule is CNC1=C(C)CC2(CN3CCOCC3)CN(Sc3ccccn3)CCC2=C1. The molecule has 1 aromatic rings. The monoisotopic (exact) mass is 386 g/mol. The van der Waals surface area contributed by atoms with Crippen LogP contribution in [0.4, 0.5) is 0 Å². The lowest BCUT2D eigenvalue weighted by atomic mass is 9.68. The van der Waals surface area contributed by atoms with E-state index in [1.54, 1.807) is 5.57 Å². The number of morpholine rings is 1. The second kappa shape index (κ2) is 8.35. The lowest BCUT2D eigenvalue weighted by molar-refractivity contribution is 0.0155. The maximum Gasteiger partial charge on any atom is 0.111 e. The quantitative estimate of drug-likeness (QED) is 0.785. The van der Waals surface area contributed by atoms with Crippen LogP contribution in [0.25, 0.3) is 0 Å². The molecule has 0 bridgehead atoms. The number of hydrogen-bond donors (Lipinski definition) is 1. The Bertz CT molecular complexity index is 714. The lowest BCUT2D eigenvalue weighted by Gasteiger charge is -2.49. The fourth-order valence-electron chi connectivity index (χ4n) is 4.62. The molecule has 2 saturated heterocycles. The third-order valence-corrected chi connectivity index (χ3v) is 6.93. The number of piperidine rings is 1. The molecule has 2 fully saturated rings. The predicted octanol–water partition coefficient (Wildman–Crippen LogP) is 2.94. The fourth-order valence-corrected chi connectivity index (χ4v) is 5.62. The van der Waals surface area contributed by atoms with Crippen LogP contribution in [0.2, 0.25) is 0 Å². The number of pyridine rings is 1. The highest BCUT2D eigenvalue weighted by molar-refractivity contribution is 7.97. The first-order valence-electron chi connectivity index (χ1n) is 9.91. The zero-order valence-electron chi connectivity index (χ0n) is 16.4. The van der Waals surface area contributed by atoms with Gasteiger partial charge >= 0.3 is 0 Å². The average molecular weight is 387 g/mol. The Kier molecular flexibility index (Phi) is 5.88. The van der Waals surface area contributed by atoms with Crippen molar-refractivity contribution in [1.82, 2.24) is 19.5 Å². The van der Waals surface area contributed by atoms with Crippen LogP contribution in [0, 0.1) is 5.41 Å². The summed E-state index contributed by atoms with van der Waals surface area (Å²) in [5, 5.41) is 4.49. The van der Waals surface area contributed by atoms with Crippen molar-refractivity contribution in [3.05, 3.63) is 47.3 Å². The van der Waals surface area contributed by atoms with E-state index in [2.05, 4.69) is 44.6 Å². The van der Waals surface area contributed by atoms with E-state index in [9.17, 15) is 0 Å². The zero-order chi connectivity index (χ0) is 18.7. The minimum atomic E-state index is 0.196. The summed E-state index contributed by atoms with van der Waals surface area (Å²) >= 11 is 1.81. The smallest absolute Gasteiger partial charge is 0.111 e. The van der Waals surface area contributed by atoms with Gasteiger partial charge < -0.3 is 10.1 Å². The van der Waals surface area contributed by atoms with Gasteiger partial charge in [0, 0.05) is 57.1 Å². The summed E-state index contributed by atoms with van der Waals surface area (Å²) in [5.74, 6) is 0. The number of likely N-dealkylation sites (N-methyl/N-ethyl adjacent to an activating group) is 1. The highest BCUT2D eigenvalue weighted by atomic mass is 32.2. The summed E-state index contributed by atoms with van der Waals surface area (Å²) in [7, 11) is 2.04. The Balaban J connectivity index is 1.56. The average Bonchev–Trinajstić information content (AvgIpc) is 2.69. The maximum absolute atomic E-state index is 5.58. The summed E-state index contributed by atoms with van der Waals surface area (Å²) in [5.41, 5.74) is 4.59. The van der Waals surface area contributed by atoms with E-state index in [1.807, 2.05) is 31.3 Å². The second-order valence-corrected chi connectivity index (χ2v) is 8.95. The van der Waals surface area contributed by atoms with Gasteiger partial charge in [0.2, 0.25) is 0 Å². The molecule has 1 N–H and O–H groups in total. The molecule has 0 aromatic carbocycles. The summed E-state index contributed by atoms with van der Waals surface area (Å²) < 4.78 is 8.11. The van der Waals surface area contributed by atoms with Crippen LogP contribution in [0.15, 0.2) is 52.3 Å². The third-order valence-electron chi connectivity index (χ3n) is 5.93. The van der Waals surface area contributed by atoms with Gasteiger partial charge in [-0.15, -0.1) is 0 Å². The fraction of sp³-hybridized carbons (Fsp3) is 0.571. The Labute approximate surface area is 167 Å². The molecule has 3 heterocycles. The number of hydrogen-bond acceptors (Lipinski definition) is 6. The molecule has 5 nitrogen and oxygen atoms in total. The Morgan fingerprint density at radius 1 is 1.26 bits per heavy atom. The van der Waals surface area contributed by atoms with Gasteiger partial charge in [-0.05, 0) is 55.5 Å². The van der Waals surface area contributed by atoms with E-state index in [4.69, 9.17) is 4.74 Å². The van der Waals surface area contributed by atoms with Crippen LogP contribution in [0.1, 0.15) is 19.8 Å². The van der Waals surface area contributed by atoms with Crippen molar-refractivity contribution in [3.63, 3.8) is 0 Å². The summed E-state index contributed by atoms with van der Waals surface area (Å²) in [6.45, 7) is 9.37. The first kappa shape index (κ1) is 19.0. The van der Waals surface area contributed by atoms with E-state index in [-0.39, 0.29) is 5.41 Å². The number of nitrogens with one attached hydrogen (secondary N) is 1. The molecule has 1 aliphatic carbocycles. The number of aromatic nitrogens is 1. The molecule has 146 valence electrons. The molecule has 4 rings (SSSR count).